The molecule has 148 valence electrons. The van der Waals surface area contributed by atoms with Crippen LogP contribution < -0.4 is 0 Å². The van der Waals surface area contributed by atoms with E-state index in [0.717, 1.165) is 22.3 Å². The summed E-state index contributed by atoms with van der Waals surface area (Å²) in [5.74, 6) is 1.18. The minimum absolute atomic E-state index is 0.0697. The van der Waals surface area contributed by atoms with Gasteiger partial charge in [-0.3, -0.25) is 0 Å². The lowest BCUT2D eigenvalue weighted by Crippen LogP contribution is -2.16. The van der Waals surface area contributed by atoms with Crippen molar-refractivity contribution < 1.29 is 10.2 Å². The molecule has 0 amide bonds. The van der Waals surface area contributed by atoms with E-state index >= 15 is 0 Å². The Hall–Kier alpha value is -1.96. The van der Waals surface area contributed by atoms with Crippen LogP contribution in [-0.4, -0.2) is 10.2 Å². The number of benzene rings is 2. The number of aromatic hydroxyl groups is 2. The summed E-state index contributed by atoms with van der Waals surface area (Å²) in [6, 6.07) is 11.9. The minimum Gasteiger partial charge on any atom is -0.507 e. The third-order valence-corrected chi connectivity index (χ3v) is 6.21. The summed E-state index contributed by atoms with van der Waals surface area (Å²) in [5, 5.41) is 21.8. The Labute approximate surface area is 165 Å². The van der Waals surface area contributed by atoms with Crippen molar-refractivity contribution in [3.8, 4) is 11.5 Å². The largest absolute Gasteiger partial charge is 0.507 e. The Balaban J connectivity index is 2.42. The SMILES string of the molecule is CC(c1cccc(Cc2cccc(C(C)C(C)(C)C)c2O)c1O)C(C)(C)C. The van der Waals surface area contributed by atoms with E-state index < -0.39 is 0 Å². The highest BCUT2D eigenvalue weighted by molar-refractivity contribution is 5.49. The number of rotatable bonds is 4. The Bertz CT molecular complexity index is 723. The fourth-order valence-electron chi connectivity index (χ4n) is 3.34. The Morgan fingerprint density at radius 2 is 1.00 bits per heavy atom. The summed E-state index contributed by atoms with van der Waals surface area (Å²) >= 11 is 0. The molecule has 2 heteroatoms. The fraction of sp³-hybridized carbons (Fsp3) is 0.520. The first-order valence-electron chi connectivity index (χ1n) is 9.95. The number of phenolic OH excluding ortho intramolecular Hbond substituents is 2. The van der Waals surface area contributed by atoms with E-state index in [0.29, 0.717) is 17.9 Å². The van der Waals surface area contributed by atoms with E-state index in [2.05, 4.69) is 55.4 Å². The zero-order chi connectivity index (χ0) is 20.6. The van der Waals surface area contributed by atoms with Crippen LogP contribution >= 0.6 is 0 Å². The van der Waals surface area contributed by atoms with Crippen molar-refractivity contribution in [2.75, 3.05) is 0 Å². The standard InChI is InChI=1S/C25H36O2/c1-16(24(3,4)5)20-13-9-11-18(22(20)26)15-19-12-10-14-21(23(19)27)17(2)25(6,7)8/h9-14,16-17,26-27H,15H2,1-8H3. The van der Waals surface area contributed by atoms with Crippen LogP contribution in [0.25, 0.3) is 0 Å². The van der Waals surface area contributed by atoms with Gasteiger partial charge in [0.1, 0.15) is 11.5 Å². The molecule has 27 heavy (non-hydrogen) atoms. The van der Waals surface area contributed by atoms with Gasteiger partial charge in [-0.1, -0.05) is 91.8 Å². The second-order valence-electron chi connectivity index (χ2n) is 10.1. The van der Waals surface area contributed by atoms with Crippen molar-refractivity contribution in [1.29, 1.82) is 0 Å². The maximum absolute atomic E-state index is 10.9. The van der Waals surface area contributed by atoms with Crippen molar-refractivity contribution in [2.24, 2.45) is 10.8 Å². The molecule has 0 saturated heterocycles. The molecule has 2 aromatic rings. The molecule has 0 aliphatic carbocycles. The fourth-order valence-corrected chi connectivity index (χ4v) is 3.34. The van der Waals surface area contributed by atoms with Gasteiger partial charge in [0.25, 0.3) is 0 Å². The molecule has 0 aromatic heterocycles. The summed E-state index contributed by atoms with van der Waals surface area (Å²) in [6.45, 7) is 17.4. The molecule has 2 unspecified atom stereocenters. The predicted molar refractivity (Wildman–Crippen MR) is 115 cm³/mol. The predicted octanol–water partition coefficient (Wildman–Crippen LogP) is 6.99. The summed E-state index contributed by atoms with van der Waals surface area (Å²) in [6.07, 6.45) is 0.521. The molecule has 0 bridgehead atoms. The Kier molecular flexibility index (Phi) is 5.99. The van der Waals surface area contributed by atoms with E-state index in [1.165, 1.54) is 0 Å². The Morgan fingerprint density at radius 3 is 1.30 bits per heavy atom. The van der Waals surface area contributed by atoms with Crippen LogP contribution in [0.2, 0.25) is 0 Å². The molecule has 0 spiro atoms. The van der Waals surface area contributed by atoms with Gasteiger partial charge in [-0.05, 0) is 44.9 Å². The summed E-state index contributed by atoms with van der Waals surface area (Å²) in [7, 11) is 0. The van der Waals surface area contributed by atoms with Gasteiger partial charge in [-0.25, -0.2) is 0 Å². The van der Waals surface area contributed by atoms with Crippen molar-refractivity contribution in [2.45, 2.75) is 73.6 Å². The molecule has 2 N–H and O–H groups in total. The molecule has 0 aliphatic heterocycles. The second-order valence-corrected chi connectivity index (χ2v) is 10.1. The van der Waals surface area contributed by atoms with E-state index in [1.807, 2.05) is 36.4 Å². The Morgan fingerprint density at radius 1 is 0.667 bits per heavy atom. The van der Waals surface area contributed by atoms with Crippen LogP contribution in [0.5, 0.6) is 11.5 Å². The van der Waals surface area contributed by atoms with Gasteiger partial charge >= 0.3 is 0 Å². The van der Waals surface area contributed by atoms with Crippen LogP contribution in [0.15, 0.2) is 36.4 Å². The molecule has 0 heterocycles. The van der Waals surface area contributed by atoms with Crippen molar-refractivity contribution in [3.05, 3.63) is 58.7 Å². The van der Waals surface area contributed by atoms with E-state index in [1.54, 1.807) is 0 Å². The highest BCUT2D eigenvalue weighted by Gasteiger charge is 2.27. The van der Waals surface area contributed by atoms with Gasteiger partial charge in [0, 0.05) is 6.42 Å². The molecule has 2 rings (SSSR count). The van der Waals surface area contributed by atoms with Crippen molar-refractivity contribution in [1.82, 2.24) is 0 Å². The molecule has 0 saturated carbocycles. The number of hydrogen-bond donors (Lipinski definition) is 2. The van der Waals surface area contributed by atoms with E-state index in [9.17, 15) is 10.2 Å². The first-order chi connectivity index (χ1) is 12.3. The number of phenols is 2. The van der Waals surface area contributed by atoms with Crippen LogP contribution in [0.1, 0.15) is 89.5 Å². The molecule has 2 nitrogen and oxygen atoms in total. The summed E-state index contributed by atoms with van der Waals surface area (Å²) in [4.78, 5) is 0. The lowest BCUT2D eigenvalue weighted by molar-refractivity contribution is 0.328. The topological polar surface area (TPSA) is 40.5 Å². The first kappa shape index (κ1) is 21.3. The summed E-state index contributed by atoms with van der Waals surface area (Å²) in [5.41, 5.74) is 3.80. The molecule has 0 fully saturated rings. The van der Waals surface area contributed by atoms with Crippen molar-refractivity contribution >= 4 is 0 Å². The van der Waals surface area contributed by atoms with E-state index in [-0.39, 0.29) is 22.7 Å². The number of hydrogen-bond acceptors (Lipinski definition) is 2. The maximum Gasteiger partial charge on any atom is 0.122 e. The second kappa shape index (κ2) is 7.58. The van der Waals surface area contributed by atoms with Gasteiger partial charge in [0.15, 0.2) is 0 Å². The van der Waals surface area contributed by atoms with Gasteiger partial charge in [0.05, 0.1) is 0 Å². The van der Waals surface area contributed by atoms with E-state index in [4.69, 9.17) is 0 Å². The zero-order valence-corrected chi connectivity index (χ0v) is 18.2. The zero-order valence-electron chi connectivity index (χ0n) is 18.2. The molecule has 0 aliphatic rings. The van der Waals surface area contributed by atoms with Gasteiger partial charge in [-0.2, -0.15) is 0 Å². The number of para-hydroxylation sites is 2. The molecule has 0 radical (unpaired) electrons. The van der Waals surface area contributed by atoms with Gasteiger partial charge in [-0.15, -0.1) is 0 Å². The monoisotopic (exact) mass is 368 g/mol. The quantitative estimate of drug-likeness (QED) is 0.610. The van der Waals surface area contributed by atoms with Crippen LogP contribution in [0, 0.1) is 10.8 Å². The normalized spacial score (nSPS) is 14.8. The van der Waals surface area contributed by atoms with Crippen LogP contribution in [-0.2, 0) is 6.42 Å². The third kappa shape index (κ3) is 4.66. The smallest absolute Gasteiger partial charge is 0.122 e. The lowest BCUT2D eigenvalue weighted by Gasteiger charge is -2.29. The van der Waals surface area contributed by atoms with Gasteiger partial charge in [0.2, 0.25) is 0 Å². The van der Waals surface area contributed by atoms with Crippen LogP contribution in [0.3, 0.4) is 0 Å². The maximum atomic E-state index is 10.9. The highest BCUT2D eigenvalue weighted by Crippen LogP contribution is 2.42. The highest BCUT2D eigenvalue weighted by atomic mass is 16.3. The lowest BCUT2D eigenvalue weighted by atomic mass is 9.76. The van der Waals surface area contributed by atoms with Gasteiger partial charge < -0.3 is 10.2 Å². The molecule has 2 aromatic carbocycles. The van der Waals surface area contributed by atoms with Crippen LogP contribution in [0.4, 0.5) is 0 Å². The molecule has 2 atom stereocenters. The van der Waals surface area contributed by atoms with Crippen molar-refractivity contribution in [3.63, 3.8) is 0 Å². The third-order valence-electron chi connectivity index (χ3n) is 6.21. The minimum atomic E-state index is 0.0697. The molecular formula is C25H36O2. The summed E-state index contributed by atoms with van der Waals surface area (Å²) < 4.78 is 0. The molecular weight excluding hydrogens is 332 g/mol. The first-order valence-corrected chi connectivity index (χ1v) is 9.95. The average molecular weight is 369 g/mol. The average Bonchev–Trinajstić information content (AvgIpc) is 2.55.